The van der Waals surface area contributed by atoms with Crippen LogP contribution in [0.1, 0.15) is 59.3 Å². The summed E-state index contributed by atoms with van der Waals surface area (Å²) in [6.07, 6.45) is 6.18. The fraction of sp³-hybridized carbons (Fsp3) is 0.875. The number of rotatable bonds is 3. The van der Waals surface area contributed by atoms with Gasteiger partial charge >= 0.3 is 12.0 Å². The van der Waals surface area contributed by atoms with Gasteiger partial charge in [-0.3, -0.25) is 4.79 Å². The van der Waals surface area contributed by atoms with E-state index in [2.05, 4.69) is 12.2 Å². The smallest absolute Gasteiger partial charge is 0.317 e. The van der Waals surface area contributed by atoms with E-state index in [9.17, 15) is 14.7 Å². The lowest BCUT2D eigenvalue weighted by atomic mass is 9.74. The van der Waals surface area contributed by atoms with Crippen LogP contribution in [0.4, 0.5) is 4.79 Å². The van der Waals surface area contributed by atoms with Crippen LogP contribution < -0.4 is 5.32 Å². The van der Waals surface area contributed by atoms with E-state index in [1.165, 1.54) is 12.8 Å². The Morgan fingerprint density at radius 3 is 2.43 bits per heavy atom. The van der Waals surface area contributed by atoms with Crippen molar-refractivity contribution in [2.45, 2.75) is 64.8 Å². The number of amides is 2. The molecule has 0 spiro atoms. The highest BCUT2D eigenvalue weighted by molar-refractivity contribution is 5.76. The number of hydrogen-bond donors (Lipinski definition) is 2. The number of nitrogens with zero attached hydrogens (tertiary/aromatic N) is 1. The number of carbonyl (C=O) groups is 2. The van der Waals surface area contributed by atoms with Gasteiger partial charge < -0.3 is 15.3 Å². The summed E-state index contributed by atoms with van der Waals surface area (Å²) in [4.78, 5) is 25.7. The molecule has 0 aromatic rings. The molecular formula is C16H28N2O3. The molecule has 120 valence electrons. The lowest BCUT2D eigenvalue weighted by Crippen LogP contribution is -2.54. The zero-order valence-corrected chi connectivity index (χ0v) is 13.4. The third-order valence-corrected chi connectivity index (χ3v) is 5.40. The van der Waals surface area contributed by atoms with Crippen molar-refractivity contribution in [2.24, 2.45) is 11.3 Å². The van der Waals surface area contributed by atoms with Gasteiger partial charge in [0.15, 0.2) is 0 Å². The molecule has 5 heteroatoms. The summed E-state index contributed by atoms with van der Waals surface area (Å²) in [5, 5.41) is 12.5. The van der Waals surface area contributed by atoms with Gasteiger partial charge in [0.1, 0.15) is 0 Å². The molecule has 0 aromatic heterocycles. The van der Waals surface area contributed by atoms with Gasteiger partial charge in [-0.15, -0.1) is 0 Å². The maximum Gasteiger partial charge on any atom is 0.317 e. The van der Waals surface area contributed by atoms with Crippen molar-refractivity contribution in [1.82, 2.24) is 10.2 Å². The number of carboxylic acids is 1. The van der Waals surface area contributed by atoms with E-state index in [4.69, 9.17) is 0 Å². The van der Waals surface area contributed by atoms with Crippen molar-refractivity contribution in [3.63, 3.8) is 0 Å². The SMILES string of the molecule is CC1(NC(=O)N2CCCC(C(C)(C)C(=O)O)C2)CCCC1. The van der Waals surface area contributed by atoms with Crippen LogP contribution in [0.3, 0.4) is 0 Å². The molecule has 5 nitrogen and oxygen atoms in total. The third-order valence-electron chi connectivity index (χ3n) is 5.40. The Labute approximate surface area is 127 Å². The fourth-order valence-electron chi connectivity index (χ4n) is 3.54. The highest BCUT2D eigenvalue weighted by Crippen LogP contribution is 2.35. The average molecular weight is 296 g/mol. The van der Waals surface area contributed by atoms with Crippen molar-refractivity contribution in [2.75, 3.05) is 13.1 Å². The normalized spacial score (nSPS) is 25.7. The molecule has 2 aliphatic rings. The van der Waals surface area contributed by atoms with E-state index < -0.39 is 11.4 Å². The Morgan fingerprint density at radius 2 is 1.86 bits per heavy atom. The minimum Gasteiger partial charge on any atom is -0.481 e. The van der Waals surface area contributed by atoms with Gasteiger partial charge in [-0.2, -0.15) is 0 Å². The average Bonchev–Trinajstić information content (AvgIpc) is 2.85. The van der Waals surface area contributed by atoms with Crippen molar-refractivity contribution >= 4 is 12.0 Å². The first-order valence-corrected chi connectivity index (χ1v) is 8.05. The topological polar surface area (TPSA) is 69.6 Å². The first-order chi connectivity index (χ1) is 9.74. The molecule has 1 unspecified atom stereocenters. The van der Waals surface area contributed by atoms with Gasteiger partial charge in [0, 0.05) is 18.6 Å². The van der Waals surface area contributed by atoms with Crippen molar-refractivity contribution in [3.8, 4) is 0 Å². The van der Waals surface area contributed by atoms with Gasteiger partial charge in [0.2, 0.25) is 0 Å². The van der Waals surface area contributed by atoms with E-state index in [1.807, 2.05) is 4.90 Å². The van der Waals surface area contributed by atoms with Crippen LogP contribution in [-0.4, -0.2) is 40.6 Å². The predicted molar refractivity (Wildman–Crippen MR) is 81.1 cm³/mol. The third kappa shape index (κ3) is 3.50. The van der Waals surface area contributed by atoms with E-state index in [-0.39, 0.29) is 17.5 Å². The first-order valence-electron chi connectivity index (χ1n) is 8.05. The van der Waals surface area contributed by atoms with Crippen molar-refractivity contribution in [1.29, 1.82) is 0 Å². The van der Waals surface area contributed by atoms with E-state index in [1.54, 1.807) is 13.8 Å². The molecule has 2 N–H and O–H groups in total. The number of urea groups is 1. The van der Waals surface area contributed by atoms with Gasteiger partial charge in [0.25, 0.3) is 0 Å². The van der Waals surface area contributed by atoms with Gasteiger partial charge in [0.05, 0.1) is 5.41 Å². The Hall–Kier alpha value is -1.26. The minimum atomic E-state index is -0.782. The quantitative estimate of drug-likeness (QED) is 0.841. The van der Waals surface area contributed by atoms with Gasteiger partial charge in [-0.25, -0.2) is 4.79 Å². The summed E-state index contributed by atoms with van der Waals surface area (Å²) in [6.45, 7) is 6.91. The summed E-state index contributed by atoms with van der Waals surface area (Å²) < 4.78 is 0. The molecule has 1 aliphatic carbocycles. The highest BCUT2D eigenvalue weighted by atomic mass is 16.4. The lowest BCUT2D eigenvalue weighted by Gasteiger charge is -2.40. The number of carboxylic acid groups (broad SMARTS) is 1. The lowest BCUT2D eigenvalue weighted by molar-refractivity contribution is -0.151. The Kier molecular flexibility index (Phi) is 4.49. The number of aliphatic carboxylic acids is 1. The second-order valence-corrected chi connectivity index (χ2v) is 7.51. The van der Waals surface area contributed by atoms with Crippen LogP contribution >= 0.6 is 0 Å². The van der Waals surface area contributed by atoms with Crippen LogP contribution in [0.5, 0.6) is 0 Å². The molecule has 0 bridgehead atoms. The molecule has 1 atom stereocenters. The number of hydrogen-bond acceptors (Lipinski definition) is 2. The number of piperidine rings is 1. The summed E-state index contributed by atoms with van der Waals surface area (Å²) in [5.74, 6) is -0.761. The van der Waals surface area contributed by atoms with Crippen LogP contribution in [0.2, 0.25) is 0 Å². The second-order valence-electron chi connectivity index (χ2n) is 7.51. The molecule has 1 saturated carbocycles. The molecule has 21 heavy (non-hydrogen) atoms. The van der Waals surface area contributed by atoms with E-state index >= 15 is 0 Å². The molecule has 0 aromatic carbocycles. The van der Waals surface area contributed by atoms with Crippen LogP contribution in [0.15, 0.2) is 0 Å². The number of nitrogens with one attached hydrogen (secondary N) is 1. The summed E-state index contributed by atoms with van der Waals surface area (Å²) in [5.41, 5.74) is -0.859. The fourth-order valence-corrected chi connectivity index (χ4v) is 3.54. The molecule has 1 aliphatic heterocycles. The maximum absolute atomic E-state index is 12.5. The van der Waals surface area contributed by atoms with E-state index in [0.717, 1.165) is 32.2 Å². The van der Waals surface area contributed by atoms with Crippen LogP contribution in [0, 0.1) is 11.3 Å². The zero-order valence-electron chi connectivity index (χ0n) is 13.4. The second kappa shape index (κ2) is 5.85. The standard InChI is InChI=1S/C16H28N2O3/c1-15(2,13(19)20)12-7-6-10-18(11-12)14(21)17-16(3)8-4-5-9-16/h12H,4-11H2,1-3H3,(H,17,21)(H,19,20). The largest absolute Gasteiger partial charge is 0.481 e. The molecule has 2 amide bonds. The Bertz CT molecular complexity index is 414. The first kappa shape index (κ1) is 16.1. The summed E-state index contributed by atoms with van der Waals surface area (Å²) in [6, 6.07) is -0.0229. The predicted octanol–water partition coefficient (Wildman–Crippen LogP) is 2.85. The monoisotopic (exact) mass is 296 g/mol. The van der Waals surface area contributed by atoms with Crippen LogP contribution in [-0.2, 0) is 4.79 Å². The minimum absolute atomic E-state index is 0.0193. The summed E-state index contributed by atoms with van der Waals surface area (Å²) in [7, 11) is 0. The molecule has 2 fully saturated rings. The number of carbonyl (C=O) groups excluding carboxylic acids is 1. The van der Waals surface area contributed by atoms with E-state index in [0.29, 0.717) is 6.54 Å². The zero-order chi connectivity index (χ0) is 15.7. The molecule has 0 radical (unpaired) electrons. The Morgan fingerprint density at radius 1 is 1.24 bits per heavy atom. The molecule has 2 rings (SSSR count). The van der Waals surface area contributed by atoms with Crippen LogP contribution in [0.25, 0.3) is 0 Å². The number of likely N-dealkylation sites (tertiary alicyclic amines) is 1. The highest BCUT2D eigenvalue weighted by Gasteiger charge is 2.41. The van der Waals surface area contributed by atoms with Gasteiger partial charge in [-0.05, 0) is 52.4 Å². The van der Waals surface area contributed by atoms with Crippen molar-refractivity contribution in [3.05, 3.63) is 0 Å². The maximum atomic E-state index is 12.5. The Balaban J connectivity index is 1.97. The molecular weight excluding hydrogens is 268 g/mol. The molecule has 1 saturated heterocycles. The van der Waals surface area contributed by atoms with Crippen molar-refractivity contribution < 1.29 is 14.7 Å². The molecule has 1 heterocycles. The van der Waals surface area contributed by atoms with Gasteiger partial charge in [-0.1, -0.05) is 12.8 Å². The summed E-state index contributed by atoms with van der Waals surface area (Å²) >= 11 is 0.